The van der Waals surface area contributed by atoms with Gasteiger partial charge in [0.1, 0.15) is 10.8 Å². The summed E-state index contributed by atoms with van der Waals surface area (Å²) in [5, 5.41) is 13.9. The molecule has 25 heavy (non-hydrogen) atoms. The number of anilines is 3. The first-order valence-electron chi connectivity index (χ1n) is 7.05. The van der Waals surface area contributed by atoms with Crippen molar-refractivity contribution in [1.29, 1.82) is 0 Å². The summed E-state index contributed by atoms with van der Waals surface area (Å²) in [5.41, 5.74) is 6.12. The number of amides is 2. The van der Waals surface area contributed by atoms with E-state index in [4.69, 9.17) is 10.5 Å². The highest BCUT2D eigenvalue weighted by molar-refractivity contribution is 7.92. The van der Waals surface area contributed by atoms with Gasteiger partial charge in [-0.1, -0.05) is 11.3 Å². The number of methoxy groups -OCH3 is 1. The molecule has 0 aliphatic rings. The highest BCUT2D eigenvalue weighted by atomic mass is 32.2. The zero-order chi connectivity index (χ0) is 18.4. The van der Waals surface area contributed by atoms with Gasteiger partial charge in [0, 0.05) is 18.7 Å². The molecular weight excluding hydrogens is 368 g/mol. The molecule has 2 amide bonds. The minimum absolute atomic E-state index is 0.229. The van der Waals surface area contributed by atoms with Gasteiger partial charge in [-0.3, -0.25) is 4.72 Å². The number of benzene rings is 1. The Morgan fingerprint density at radius 2 is 2.12 bits per heavy atom. The fraction of sp³-hybridized carbons (Fsp3) is 0.308. The molecule has 0 bridgehead atoms. The van der Waals surface area contributed by atoms with Crippen molar-refractivity contribution in [3.05, 3.63) is 23.2 Å². The second-order valence-corrected chi connectivity index (χ2v) is 7.80. The second kappa shape index (κ2) is 7.98. The van der Waals surface area contributed by atoms with E-state index in [1.807, 2.05) is 0 Å². The number of hydrogen-bond acceptors (Lipinski definition) is 8. The van der Waals surface area contributed by atoms with Crippen LogP contribution in [0.3, 0.4) is 0 Å². The highest BCUT2D eigenvalue weighted by Gasteiger charge is 2.11. The molecule has 2 rings (SSSR count). The van der Waals surface area contributed by atoms with Gasteiger partial charge in [-0.25, -0.2) is 13.2 Å². The Kier molecular flexibility index (Phi) is 5.98. The van der Waals surface area contributed by atoms with Gasteiger partial charge in [-0.2, -0.15) is 0 Å². The third-order valence-electron chi connectivity index (χ3n) is 2.86. The van der Waals surface area contributed by atoms with Gasteiger partial charge in [0.15, 0.2) is 0 Å². The minimum atomic E-state index is -3.48. The molecule has 0 radical (unpaired) electrons. The largest absolute Gasteiger partial charge is 0.495 e. The Bertz CT molecular complexity index is 852. The molecule has 1 aromatic carbocycles. The molecule has 0 unspecified atom stereocenters. The van der Waals surface area contributed by atoms with Crippen molar-refractivity contribution in [3.63, 3.8) is 0 Å². The number of nitrogens with zero attached hydrogens (tertiary/aromatic N) is 2. The van der Waals surface area contributed by atoms with Crippen molar-refractivity contribution in [2.75, 3.05) is 35.7 Å². The maximum atomic E-state index is 11.9. The van der Waals surface area contributed by atoms with Crippen molar-refractivity contribution in [1.82, 2.24) is 15.5 Å². The van der Waals surface area contributed by atoms with Gasteiger partial charge in [-0.05, 0) is 18.2 Å². The van der Waals surface area contributed by atoms with Crippen molar-refractivity contribution < 1.29 is 17.9 Å². The molecule has 5 N–H and O–H groups in total. The van der Waals surface area contributed by atoms with Crippen LogP contribution in [-0.4, -0.2) is 44.6 Å². The molecule has 2 aromatic rings. The second-order valence-electron chi connectivity index (χ2n) is 4.95. The number of carbonyl (C=O) groups excluding carboxylic acids is 1. The standard InChI is InChI=1S/C13H18N6O4S2/c1-23-10-4-3-8(7-9(10)19-25(2,21)22)16-13(20)15-6-5-11-17-18-12(14)24-11/h3-4,7,19H,5-6H2,1-2H3,(H2,14,18)(H2,15,16,20). The first kappa shape index (κ1) is 18.7. The number of nitrogens with two attached hydrogens (primary N) is 1. The van der Waals surface area contributed by atoms with Gasteiger partial charge in [0.25, 0.3) is 0 Å². The van der Waals surface area contributed by atoms with Crippen LogP contribution in [0.1, 0.15) is 5.01 Å². The van der Waals surface area contributed by atoms with Crippen LogP contribution in [0.4, 0.5) is 21.3 Å². The molecule has 0 fully saturated rings. The van der Waals surface area contributed by atoms with Gasteiger partial charge < -0.3 is 21.1 Å². The number of urea groups is 1. The topological polar surface area (TPSA) is 148 Å². The lowest BCUT2D eigenvalue weighted by molar-refractivity contribution is 0.252. The van der Waals surface area contributed by atoms with E-state index in [1.54, 1.807) is 12.1 Å². The van der Waals surface area contributed by atoms with Crippen LogP contribution in [0.25, 0.3) is 0 Å². The van der Waals surface area contributed by atoms with E-state index >= 15 is 0 Å². The summed E-state index contributed by atoms with van der Waals surface area (Å²) in [6.45, 7) is 0.352. The van der Waals surface area contributed by atoms with Crippen molar-refractivity contribution >= 4 is 43.9 Å². The number of sulfonamides is 1. The lowest BCUT2D eigenvalue weighted by Gasteiger charge is -2.12. The number of hydrogen-bond donors (Lipinski definition) is 4. The van der Waals surface area contributed by atoms with E-state index in [-0.39, 0.29) is 5.69 Å². The third kappa shape index (κ3) is 6.08. The van der Waals surface area contributed by atoms with Crippen LogP contribution < -0.4 is 25.8 Å². The molecule has 12 heteroatoms. The number of carbonyl (C=O) groups is 1. The number of nitrogen functional groups attached to an aromatic ring is 1. The summed E-state index contributed by atoms with van der Waals surface area (Å²) in [6.07, 6.45) is 1.53. The number of ether oxygens (including phenoxy) is 1. The zero-order valence-electron chi connectivity index (χ0n) is 13.6. The van der Waals surface area contributed by atoms with E-state index < -0.39 is 16.1 Å². The predicted molar refractivity (Wildman–Crippen MR) is 96.5 cm³/mol. The summed E-state index contributed by atoms with van der Waals surface area (Å²) in [6, 6.07) is 4.17. The summed E-state index contributed by atoms with van der Waals surface area (Å²) < 4.78 is 30.2. The number of rotatable bonds is 7. The number of nitrogens with one attached hydrogen (secondary N) is 3. The Labute approximate surface area is 148 Å². The molecule has 0 saturated heterocycles. The van der Waals surface area contributed by atoms with Crippen LogP contribution in [0.15, 0.2) is 18.2 Å². The van der Waals surface area contributed by atoms with Crippen LogP contribution >= 0.6 is 11.3 Å². The molecule has 0 saturated carbocycles. The zero-order valence-corrected chi connectivity index (χ0v) is 15.2. The van der Waals surface area contributed by atoms with Gasteiger partial charge in [0.05, 0.1) is 19.1 Å². The predicted octanol–water partition coefficient (Wildman–Crippen LogP) is 0.865. The maximum absolute atomic E-state index is 11.9. The number of aromatic nitrogens is 2. The molecule has 136 valence electrons. The Morgan fingerprint density at radius 1 is 1.36 bits per heavy atom. The van der Waals surface area contributed by atoms with Crippen LogP contribution in [0.5, 0.6) is 5.75 Å². The van der Waals surface area contributed by atoms with Gasteiger partial charge in [0.2, 0.25) is 15.2 Å². The highest BCUT2D eigenvalue weighted by Crippen LogP contribution is 2.28. The van der Waals surface area contributed by atoms with E-state index in [2.05, 4.69) is 25.6 Å². The van der Waals surface area contributed by atoms with Crippen molar-refractivity contribution in [2.45, 2.75) is 6.42 Å². The van der Waals surface area contributed by atoms with Crippen LogP contribution in [-0.2, 0) is 16.4 Å². The fourth-order valence-electron chi connectivity index (χ4n) is 1.89. The average Bonchev–Trinajstić information content (AvgIpc) is 2.91. The SMILES string of the molecule is COc1ccc(NC(=O)NCCc2nnc(N)s2)cc1NS(C)(=O)=O. The molecule has 1 heterocycles. The smallest absolute Gasteiger partial charge is 0.319 e. The van der Waals surface area contributed by atoms with E-state index in [0.29, 0.717) is 29.5 Å². The first-order valence-corrected chi connectivity index (χ1v) is 9.76. The van der Waals surface area contributed by atoms with Gasteiger partial charge in [-0.15, -0.1) is 10.2 Å². The monoisotopic (exact) mass is 386 g/mol. The fourth-order valence-corrected chi connectivity index (χ4v) is 3.06. The minimum Gasteiger partial charge on any atom is -0.495 e. The van der Waals surface area contributed by atoms with Crippen LogP contribution in [0, 0.1) is 0 Å². The quantitative estimate of drug-likeness (QED) is 0.551. The molecule has 0 aliphatic carbocycles. The summed E-state index contributed by atoms with van der Waals surface area (Å²) >= 11 is 1.26. The Morgan fingerprint density at radius 3 is 2.72 bits per heavy atom. The summed E-state index contributed by atoms with van der Waals surface area (Å²) in [5.74, 6) is 0.338. The summed E-state index contributed by atoms with van der Waals surface area (Å²) in [7, 11) is -2.06. The van der Waals surface area contributed by atoms with Crippen molar-refractivity contribution in [2.24, 2.45) is 0 Å². The normalized spacial score (nSPS) is 11.0. The average molecular weight is 386 g/mol. The molecule has 0 spiro atoms. The van der Waals surface area contributed by atoms with E-state index in [9.17, 15) is 13.2 Å². The van der Waals surface area contributed by atoms with Gasteiger partial charge >= 0.3 is 6.03 Å². The van der Waals surface area contributed by atoms with Crippen molar-refractivity contribution in [3.8, 4) is 5.75 Å². The molecular formula is C13H18N6O4S2. The Balaban J connectivity index is 1.94. The third-order valence-corrected chi connectivity index (χ3v) is 4.26. The summed E-state index contributed by atoms with van der Waals surface area (Å²) in [4.78, 5) is 11.9. The molecule has 10 nitrogen and oxygen atoms in total. The Hall–Kier alpha value is -2.60. The molecule has 1 aromatic heterocycles. The lowest BCUT2D eigenvalue weighted by Crippen LogP contribution is -2.30. The molecule has 0 aliphatic heterocycles. The van der Waals surface area contributed by atoms with E-state index in [0.717, 1.165) is 11.3 Å². The lowest BCUT2D eigenvalue weighted by atomic mass is 10.2. The van der Waals surface area contributed by atoms with E-state index in [1.165, 1.54) is 24.5 Å². The van der Waals surface area contributed by atoms with Crippen LogP contribution in [0.2, 0.25) is 0 Å². The molecule has 0 atom stereocenters. The maximum Gasteiger partial charge on any atom is 0.319 e. The first-order chi connectivity index (χ1) is 11.8.